The highest BCUT2D eigenvalue weighted by Crippen LogP contribution is 2.26. The number of fused-ring (bicyclic) bond motifs is 1. The average Bonchev–Trinajstić information content (AvgIpc) is 2.78. The molecule has 0 bridgehead atoms. The van der Waals surface area contributed by atoms with E-state index < -0.39 is 0 Å². The van der Waals surface area contributed by atoms with Crippen LogP contribution in [0.1, 0.15) is 36.8 Å². The summed E-state index contributed by atoms with van der Waals surface area (Å²) in [5.74, 6) is 0.0236. The van der Waals surface area contributed by atoms with E-state index in [1.165, 1.54) is 36.2 Å². The lowest BCUT2D eigenvalue weighted by molar-refractivity contribution is -0.126. The summed E-state index contributed by atoms with van der Waals surface area (Å²) in [6.45, 7) is 5.37. The van der Waals surface area contributed by atoms with Crippen molar-refractivity contribution in [3.05, 3.63) is 65.5 Å². The van der Waals surface area contributed by atoms with Crippen molar-refractivity contribution < 1.29 is 9.18 Å². The van der Waals surface area contributed by atoms with Gasteiger partial charge in [0.1, 0.15) is 5.82 Å². The van der Waals surface area contributed by atoms with Crippen LogP contribution in [-0.2, 0) is 17.8 Å². The molecule has 30 heavy (non-hydrogen) atoms. The summed E-state index contributed by atoms with van der Waals surface area (Å²) in [6.07, 6.45) is 5.32. The SMILES string of the molecule is O=C(NCCCN1CCCc2ccccc21)C1CCCN(Cc2ccc(F)cc2)C1. The molecule has 1 atom stereocenters. The van der Waals surface area contributed by atoms with Gasteiger partial charge in [0.2, 0.25) is 5.91 Å². The number of rotatable bonds is 7. The Morgan fingerprint density at radius 3 is 2.77 bits per heavy atom. The molecule has 2 aliphatic heterocycles. The maximum atomic E-state index is 13.1. The summed E-state index contributed by atoms with van der Waals surface area (Å²) in [7, 11) is 0. The van der Waals surface area contributed by atoms with Crippen LogP contribution in [-0.4, -0.2) is 43.5 Å². The molecule has 1 saturated heterocycles. The van der Waals surface area contributed by atoms with Crippen LogP contribution >= 0.6 is 0 Å². The first-order valence-electron chi connectivity index (χ1n) is 11.3. The van der Waals surface area contributed by atoms with Crippen molar-refractivity contribution in [3.8, 4) is 0 Å². The molecule has 1 N–H and O–H groups in total. The van der Waals surface area contributed by atoms with Crippen molar-refractivity contribution in [2.24, 2.45) is 5.92 Å². The van der Waals surface area contributed by atoms with E-state index in [1.54, 1.807) is 0 Å². The zero-order valence-electron chi connectivity index (χ0n) is 17.7. The van der Waals surface area contributed by atoms with Crippen LogP contribution in [0.25, 0.3) is 0 Å². The molecule has 1 unspecified atom stereocenters. The van der Waals surface area contributed by atoms with Gasteiger partial charge in [-0.25, -0.2) is 4.39 Å². The minimum absolute atomic E-state index is 0.0508. The maximum absolute atomic E-state index is 13.1. The van der Waals surface area contributed by atoms with Crippen molar-refractivity contribution >= 4 is 11.6 Å². The smallest absolute Gasteiger partial charge is 0.224 e. The second kappa shape index (κ2) is 10.1. The molecule has 2 aromatic carbocycles. The number of halogens is 1. The second-order valence-electron chi connectivity index (χ2n) is 8.56. The monoisotopic (exact) mass is 409 g/mol. The molecular formula is C25H32FN3O. The molecule has 1 fully saturated rings. The molecule has 0 aliphatic carbocycles. The minimum atomic E-state index is -0.206. The summed E-state index contributed by atoms with van der Waals surface area (Å²) in [5.41, 5.74) is 3.90. The van der Waals surface area contributed by atoms with Crippen LogP contribution in [0.4, 0.5) is 10.1 Å². The van der Waals surface area contributed by atoms with Crippen molar-refractivity contribution in [1.82, 2.24) is 10.2 Å². The Balaban J connectivity index is 1.20. The quantitative estimate of drug-likeness (QED) is 0.702. The Morgan fingerprint density at radius 2 is 1.90 bits per heavy atom. The highest BCUT2D eigenvalue weighted by molar-refractivity contribution is 5.78. The molecular weight excluding hydrogens is 377 g/mol. The number of hydrogen-bond donors (Lipinski definition) is 1. The Morgan fingerprint density at radius 1 is 1.07 bits per heavy atom. The van der Waals surface area contributed by atoms with Crippen LogP contribution in [0.15, 0.2) is 48.5 Å². The first kappa shape index (κ1) is 20.9. The number of benzene rings is 2. The number of aryl methyl sites for hydroxylation is 1. The van der Waals surface area contributed by atoms with E-state index >= 15 is 0 Å². The first-order chi connectivity index (χ1) is 14.7. The fourth-order valence-electron chi connectivity index (χ4n) is 4.73. The van der Waals surface area contributed by atoms with Crippen LogP contribution in [0.3, 0.4) is 0 Å². The van der Waals surface area contributed by atoms with Gasteiger partial charge in [-0.2, -0.15) is 0 Å². The summed E-state index contributed by atoms with van der Waals surface area (Å²) in [5, 5.41) is 3.17. The van der Waals surface area contributed by atoms with Gasteiger partial charge in [-0.3, -0.25) is 9.69 Å². The minimum Gasteiger partial charge on any atom is -0.371 e. The molecule has 2 heterocycles. The van der Waals surface area contributed by atoms with Gasteiger partial charge in [-0.15, -0.1) is 0 Å². The largest absolute Gasteiger partial charge is 0.371 e. The van der Waals surface area contributed by atoms with Gasteiger partial charge in [-0.1, -0.05) is 30.3 Å². The number of para-hydroxylation sites is 1. The Bertz CT molecular complexity index is 839. The number of nitrogens with zero attached hydrogens (tertiary/aromatic N) is 2. The lowest BCUT2D eigenvalue weighted by Gasteiger charge is -2.32. The molecule has 4 rings (SSSR count). The summed E-state index contributed by atoms with van der Waals surface area (Å²) >= 11 is 0. The van der Waals surface area contributed by atoms with Crippen LogP contribution < -0.4 is 10.2 Å². The van der Waals surface area contributed by atoms with E-state index in [0.717, 1.165) is 64.1 Å². The maximum Gasteiger partial charge on any atom is 0.224 e. The number of carbonyl (C=O) groups is 1. The average molecular weight is 410 g/mol. The fraction of sp³-hybridized carbons (Fsp3) is 0.480. The number of carbonyl (C=O) groups excluding carboxylic acids is 1. The van der Waals surface area contributed by atoms with E-state index in [-0.39, 0.29) is 17.6 Å². The number of likely N-dealkylation sites (tertiary alicyclic amines) is 1. The zero-order valence-corrected chi connectivity index (χ0v) is 17.7. The van der Waals surface area contributed by atoms with Gasteiger partial charge < -0.3 is 10.2 Å². The summed E-state index contributed by atoms with van der Waals surface area (Å²) in [4.78, 5) is 17.5. The van der Waals surface area contributed by atoms with E-state index in [4.69, 9.17) is 0 Å². The van der Waals surface area contributed by atoms with E-state index in [1.807, 2.05) is 12.1 Å². The molecule has 2 aromatic rings. The van der Waals surface area contributed by atoms with Gasteiger partial charge in [0.15, 0.2) is 0 Å². The predicted octanol–water partition coefficient (Wildman–Crippen LogP) is 4.00. The lowest BCUT2D eigenvalue weighted by atomic mass is 9.96. The Hall–Kier alpha value is -2.40. The number of anilines is 1. The molecule has 1 amide bonds. The predicted molar refractivity (Wildman–Crippen MR) is 119 cm³/mol. The molecule has 160 valence electrons. The van der Waals surface area contributed by atoms with Crippen LogP contribution in [0, 0.1) is 11.7 Å². The molecule has 0 radical (unpaired) electrons. The molecule has 0 spiro atoms. The van der Waals surface area contributed by atoms with E-state index in [0.29, 0.717) is 0 Å². The third kappa shape index (κ3) is 5.39. The molecule has 2 aliphatic rings. The topological polar surface area (TPSA) is 35.6 Å². The Kier molecular flexibility index (Phi) is 7.00. The fourth-order valence-corrected chi connectivity index (χ4v) is 4.73. The normalized spacial score (nSPS) is 19.4. The summed E-state index contributed by atoms with van der Waals surface area (Å²) < 4.78 is 13.1. The summed E-state index contributed by atoms with van der Waals surface area (Å²) in [6, 6.07) is 15.3. The number of piperidine rings is 1. The molecule has 0 saturated carbocycles. The van der Waals surface area contributed by atoms with Crippen molar-refractivity contribution in [2.75, 3.05) is 37.6 Å². The van der Waals surface area contributed by atoms with Crippen LogP contribution in [0.5, 0.6) is 0 Å². The lowest BCUT2D eigenvalue weighted by Crippen LogP contribution is -2.43. The van der Waals surface area contributed by atoms with Gasteiger partial charge in [0.05, 0.1) is 5.92 Å². The molecule has 0 aromatic heterocycles. The van der Waals surface area contributed by atoms with Gasteiger partial charge >= 0.3 is 0 Å². The standard InChI is InChI=1S/C25H32FN3O/c26-23-12-10-20(11-13-23)18-28-15-3-8-22(19-28)25(30)27-14-5-17-29-16-4-7-21-6-1-2-9-24(21)29/h1-2,6,9-13,22H,3-5,7-8,14-19H2,(H,27,30). The highest BCUT2D eigenvalue weighted by atomic mass is 19.1. The highest BCUT2D eigenvalue weighted by Gasteiger charge is 2.25. The van der Waals surface area contributed by atoms with Crippen LogP contribution in [0.2, 0.25) is 0 Å². The molecule has 4 nitrogen and oxygen atoms in total. The van der Waals surface area contributed by atoms with Crippen molar-refractivity contribution in [2.45, 2.75) is 38.6 Å². The zero-order chi connectivity index (χ0) is 20.8. The van der Waals surface area contributed by atoms with Crippen molar-refractivity contribution in [1.29, 1.82) is 0 Å². The van der Waals surface area contributed by atoms with E-state index in [2.05, 4.69) is 39.4 Å². The van der Waals surface area contributed by atoms with E-state index in [9.17, 15) is 9.18 Å². The van der Waals surface area contributed by atoms with Gasteiger partial charge in [-0.05, 0) is 68.0 Å². The number of amides is 1. The number of hydrogen-bond acceptors (Lipinski definition) is 3. The van der Waals surface area contributed by atoms with Gasteiger partial charge in [0, 0.05) is 38.4 Å². The van der Waals surface area contributed by atoms with Gasteiger partial charge in [0.25, 0.3) is 0 Å². The number of nitrogens with one attached hydrogen (secondary N) is 1. The first-order valence-corrected chi connectivity index (χ1v) is 11.3. The van der Waals surface area contributed by atoms with Crippen molar-refractivity contribution in [3.63, 3.8) is 0 Å². The third-order valence-corrected chi connectivity index (χ3v) is 6.31. The third-order valence-electron chi connectivity index (χ3n) is 6.31. The second-order valence-corrected chi connectivity index (χ2v) is 8.56. The molecule has 5 heteroatoms. The Labute approximate surface area is 179 Å².